The second-order valence-corrected chi connectivity index (χ2v) is 10.2. The zero-order valence-corrected chi connectivity index (χ0v) is 23.0. The summed E-state index contributed by atoms with van der Waals surface area (Å²) in [5.74, 6) is -0.668. The highest BCUT2D eigenvalue weighted by atomic mass is 127. The van der Waals surface area contributed by atoms with Crippen LogP contribution in [0.4, 0.5) is 0 Å². The maximum absolute atomic E-state index is 12.9. The third-order valence-corrected chi connectivity index (χ3v) is 6.88. The lowest BCUT2D eigenvalue weighted by Crippen LogP contribution is -2.42. The number of methoxy groups -OCH3 is 1. The van der Waals surface area contributed by atoms with Crippen molar-refractivity contribution >= 4 is 45.4 Å². The predicted octanol–water partition coefficient (Wildman–Crippen LogP) is 5.18. The highest BCUT2D eigenvalue weighted by Crippen LogP contribution is 2.28. The van der Waals surface area contributed by atoms with Crippen LogP contribution in [0.15, 0.2) is 83.3 Å². The van der Waals surface area contributed by atoms with Gasteiger partial charge in [0, 0.05) is 33.1 Å². The van der Waals surface area contributed by atoms with Crippen molar-refractivity contribution in [2.75, 3.05) is 20.5 Å². The van der Waals surface area contributed by atoms with E-state index in [9.17, 15) is 14.8 Å². The lowest BCUT2D eigenvalue weighted by atomic mass is 9.91. The minimum absolute atomic E-state index is 0.0516. The third kappa shape index (κ3) is 7.41. The highest BCUT2D eigenvalue weighted by Gasteiger charge is 2.25. The maximum atomic E-state index is 12.9. The van der Waals surface area contributed by atoms with Gasteiger partial charge in [0.25, 0.3) is 5.91 Å². The largest absolute Gasteiger partial charge is 0.456 e. The number of hydrogen-bond donors (Lipinski definition) is 3. The number of halogens is 1. The molecule has 3 aromatic carbocycles. The van der Waals surface area contributed by atoms with Crippen LogP contribution in [0.1, 0.15) is 22.3 Å². The summed E-state index contributed by atoms with van der Waals surface area (Å²) in [4.78, 5) is 25.5. The molecule has 0 aliphatic rings. The molecule has 1 heterocycles. The van der Waals surface area contributed by atoms with Crippen molar-refractivity contribution in [2.24, 2.45) is 5.92 Å². The van der Waals surface area contributed by atoms with Gasteiger partial charge in [0.15, 0.2) is 0 Å². The standard InChI is InChI=1S/C29H29IN2O6/c1-36-18-37-17-25(31-28(33)21-10-12-24(30)13-11-21)15-23(29(34)32-35)14-19-6-8-20(9-7-19)27-16-22-4-2-3-5-26(22)38-27/h2-13,16,23,25,35H,14-15,17-18H2,1H3,(H,31,33)(H,32,34)/t23-,25-/m0/s1. The van der Waals surface area contributed by atoms with Gasteiger partial charge in [-0.15, -0.1) is 0 Å². The number of nitrogens with one attached hydrogen (secondary N) is 2. The first-order valence-corrected chi connectivity index (χ1v) is 13.2. The highest BCUT2D eigenvalue weighted by molar-refractivity contribution is 14.1. The number of fused-ring (bicyclic) bond motifs is 1. The first kappa shape index (κ1) is 27.8. The van der Waals surface area contributed by atoms with Gasteiger partial charge in [-0.1, -0.05) is 42.5 Å². The number of hydroxylamine groups is 1. The molecule has 0 saturated carbocycles. The first-order chi connectivity index (χ1) is 18.5. The molecule has 4 aromatic rings. The first-order valence-electron chi connectivity index (χ1n) is 12.1. The predicted molar refractivity (Wildman–Crippen MR) is 152 cm³/mol. The van der Waals surface area contributed by atoms with Gasteiger partial charge < -0.3 is 19.2 Å². The molecule has 0 unspecified atom stereocenters. The lowest BCUT2D eigenvalue weighted by molar-refractivity contribution is -0.134. The monoisotopic (exact) mass is 628 g/mol. The number of furan rings is 1. The van der Waals surface area contributed by atoms with Crippen molar-refractivity contribution in [3.63, 3.8) is 0 Å². The van der Waals surface area contributed by atoms with E-state index in [0.29, 0.717) is 12.0 Å². The number of carbonyl (C=O) groups excluding carboxylic acids is 2. The molecule has 0 saturated heterocycles. The molecule has 0 aliphatic carbocycles. The average molecular weight is 628 g/mol. The van der Waals surface area contributed by atoms with Crippen LogP contribution >= 0.6 is 22.6 Å². The van der Waals surface area contributed by atoms with Crippen LogP contribution in [-0.4, -0.2) is 43.6 Å². The molecule has 9 heteroatoms. The van der Waals surface area contributed by atoms with Crippen LogP contribution in [0, 0.1) is 9.49 Å². The lowest BCUT2D eigenvalue weighted by Gasteiger charge is -2.24. The van der Waals surface area contributed by atoms with E-state index in [1.54, 1.807) is 17.6 Å². The summed E-state index contributed by atoms with van der Waals surface area (Å²) in [6, 6.07) is 24.3. The topological polar surface area (TPSA) is 110 Å². The number of rotatable bonds is 12. The van der Waals surface area contributed by atoms with Crippen molar-refractivity contribution in [1.29, 1.82) is 0 Å². The molecule has 2 atom stereocenters. The van der Waals surface area contributed by atoms with Gasteiger partial charge in [-0.2, -0.15) is 0 Å². The van der Waals surface area contributed by atoms with Gasteiger partial charge in [-0.3, -0.25) is 14.8 Å². The number of para-hydroxylation sites is 1. The molecule has 0 aliphatic heterocycles. The molecule has 198 valence electrons. The van der Waals surface area contributed by atoms with Gasteiger partial charge in [0.1, 0.15) is 18.1 Å². The second-order valence-electron chi connectivity index (χ2n) is 8.91. The molecular formula is C29H29IN2O6. The van der Waals surface area contributed by atoms with Crippen LogP contribution in [0.3, 0.4) is 0 Å². The molecular weight excluding hydrogens is 599 g/mol. The zero-order valence-electron chi connectivity index (χ0n) is 20.9. The smallest absolute Gasteiger partial charge is 0.251 e. The molecule has 38 heavy (non-hydrogen) atoms. The zero-order chi connectivity index (χ0) is 26.9. The molecule has 8 nitrogen and oxygen atoms in total. The van der Waals surface area contributed by atoms with Gasteiger partial charge in [0.2, 0.25) is 5.91 Å². The molecule has 0 bridgehead atoms. The van der Waals surface area contributed by atoms with E-state index in [0.717, 1.165) is 31.4 Å². The van der Waals surface area contributed by atoms with Gasteiger partial charge in [-0.25, -0.2) is 5.48 Å². The van der Waals surface area contributed by atoms with Gasteiger partial charge >= 0.3 is 0 Å². The Morgan fingerprint density at radius 2 is 1.76 bits per heavy atom. The third-order valence-electron chi connectivity index (χ3n) is 6.16. The molecule has 4 rings (SSSR count). The summed E-state index contributed by atoms with van der Waals surface area (Å²) in [5.41, 5.74) is 4.92. The van der Waals surface area contributed by atoms with Crippen LogP contribution in [0.25, 0.3) is 22.3 Å². The Bertz CT molecular complexity index is 1320. The second kappa shape index (κ2) is 13.5. The van der Waals surface area contributed by atoms with E-state index >= 15 is 0 Å². The van der Waals surface area contributed by atoms with Crippen LogP contribution in [0.2, 0.25) is 0 Å². The maximum Gasteiger partial charge on any atom is 0.251 e. The Kier molecular flexibility index (Phi) is 9.88. The van der Waals surface area contributed by atoms with E-state index in [2.05, 4.69) is 27.9 Å². The Hall–Kier alpha value is -3.25. The minimum atomic E-state index is -0.620. The van der Waals surface area contributed by atoms with Crippen LogP contribution < -0.4 is 10.8 Å². The number of benzene rings is 3. The molecule has 1 aromatic heterocycles. The van der Waals surface area contributed by atoms with E-state index < -0.39 is 17.9 Å². The van der Waals surface area contributed by atoms with Crippen molar-refractivity contribution in [2.45, 2.75) is 18.9 Å². The van der Waals surface area contributed by atoms with E-state index in [1.807, 2.05) is 66.7 Å². The number of hydrogen-bond acceptors (Lipinski definition) is 6. The summed E-state index contributed by atoms with van der Waals surface area (Å²) in [5, 5.41) is 13.4. The van der Waals surface area contributed by atoms with Gasteiger partial charge in [0.05, 0.1) is 12.6 Å². The summed E-state index contributed by atoms with van der Waals surface area (Å²) in [7, 11) is 1.51. The number of amides is 2. The summed E-state index contributed by atoms with van der Waals surface area (Å²) in [6.07, 6.45) is 0.602. The van der Waals surface area contributed by atoms with Crippen molar-refractivity contribution in [1.82, 2.24) is 10.8 Å². The fourth-order valence-corrected chi connectivity index (χ4v) is 4.60. The fraction of sp³-hybridized carbons (Fsp3) is 0.241. The SMILES string of the molecule is COCOC[C@H](C[C@H](Cc1ccc(-c2cc3ccccc3o2)cc1)C(=O)NO)NC(=O)c1ccc(I)cc1. The molecule has 0 fully saturated rings. The molecule has 3 N–H and O–H groups in total. The van der Waals surface area contributed by atoms with Crippen molar-refractivity contribution in [3.05, 3.63) is 93.6 Å². The molecule has 0 spiro atoms. The van der Waals surface area contributed by atoms with E-state index in [4.69, 9.17) is 13.9 Å². The number of carbonyl (C=O) groups is 2. The Balaban J connectivity index is 1.47. The minimum Gasteiger partial charge on any atom is -0.456 e. The normalized spacial score (nSPS) is 12.7. The van der Waals surface area contributed by atoms with E-state index in [-0.39, 0.29) is 25.7 Å². The average Bonchev–Trinajstić information content (AvgIpc) is 3.37. The summed E-state index contributed by atoms with van der Waals surface area (Å²) in [6.45, 7) is 0.195. The molecule has 0 radical (unpaired) electrons. The summed E-state index contributed by atoms with van der Waals surface area (Å²) >= 11 is 2.17. The van der Waals surface area contributed by atoms with Crippen LogP contribution in [0.5, 0.6) is 0 Å². The number of ether oxygens (including phenoxy) is 2. The quantitative estimate of drug-likeness (QED) is 0.0657. The Morgan fingerprint density at radius 1 is 1.03 bits per heavy atom. The molecule has 2 amide bonds. The van der Waals surface area contributed by atoms with Gasteiger partial charge in [-0.05, 0) is 77.4 Å². The fourth-order valence-electron chi connectivity index (χ4n) is 4.24. The van der Waals surface area contributed by atoms with Crippen molar-refractivity contribution in [3.8, 4) is 11.3 Å². The van der Waals surface area contributed by atoms with Crippen LogP contribution in [-0.2, 0) is 20.7 Å². The summed E-state index contributed by atoms with van der Waals surface area (Å²) < 4.78 is 17.4. The Labute approximate surface area is 234 Å². The van der Waals surface area contributed by atoms with E-state index in [1.165, 1.54) is 7.11 Å². The Morgan fingerprint density at radius 3 is 2.45 bits per heavy atom. The van der Waals surface area contributed by atoms with Crippen molar-refractivity contribution < 1.29 is 28.7 Å².